The molecule has 0 spiro atoms. The molecule has 114 valence electrons. The lowest BCUT2D eigenvalue weighted by molar-refractivity contribution is -0.140. The third-order valence-electron chi connectivity index (χ3n) is 3.76. The zero-order chi connectivity index (χ0) is 14.5. The summed E-state index contributed by atoms with van der Waals surface area (Å²) in [5, 5.41) is 8.92. The molecule has 0 aromatic carbocycles. The molecule has 0 bridgehead atoms. The van der Waals surface area contributed by atoms with Crippen molar-refractivity contribution in [2.45, 2.75) is 71.6 Å². The summed E-state index contributed by atoms with van der Waals surface area (Å²) in [4.78, 5) is 10.9. The Kier molecular flexibility index (Phi) is 12.1. The van der Waals surface area contributed by atoms with Crippen LogP contribution in [0.1, 0.15) is 71.6 Å². The van der Waals surface area contributed by atoms with Crippen molar-refractivity contribution in [2.24, 2.45) is 11.8 Å². The van der Waals surface area contributed by atoms with Crippen LogP contribution in [0.25, 0.3) is 0 Å². The van der Waals surface area contributed by atoms with Gasteiger partial charge in [0.1, 0.15) is 0 Å². The molecule has 0 aromatic rings. The van der Waals surface area contributed by atoms with Crippen LogP contribution in [0.2, 0.25) is 0 Å². The smallest absolute Gasteiger partial charge is 0.305 e. The number of aliphatic hydroxyl groups excluding tert-OH is 1. The van der Waals surface area contributed by atoms with Crippen LogP contribution < -0.4 is 0 Å². The minimum absolute atomic E-state index is 0.0920. The highest BCUT2D eigenvalue weighted by atomic mass is 16.5. The lowest BCUT2D eigenvalue weighted by Gasteiger charge is -2.11. The minimum Gasteiger partial charge on any atom is -0.469 e. The summed E-state index contributed by atoms with van der Waals surface area (Å²) in [6.07, 6.45) is 10.1. The quantitative estimate of drug-likeness (QED) is 0.432. The maximum absolute atomic E-state index is 10.9. The molecule has 1 unspecified atom stereocenters. The van der Waals surface area contributed by atoms with Crippen molar-refractivity contribution in [3.8, 4) is 0 Å². The van der Waals surface area contributed by atoms with Crippen LogP contribution in [0, 0.1) is 11.8 Å². The van der Waals surface area contributed by atoms with Crippen molar-refractivity contribution in [3.05, 3.63) is 0 Å². The Morgan fingerprint density at radius 2 is 1.47 bits per heavy atom. The summed E-state index contributed by atoms with van der Waals surface area (Å²) in [5.41, 5.74) is 0. The second kappa shape index (κ2) is 12.5. The molecule has 0 heterocycles. The SMILES string of the molecule is COC(=O)CCCCC(C)CCCCC[C@@H](C)CO. The third kappa shape index (κ3) is 12.2. The summed E-state index contributed by atoms with van der Waals surface area (Å²) in [6.45, 7) is 4.72. The van der Waals surface area contributed by atoms with Gasteiger partial charge >= 0.3 is 5.97 Å². The van der Waals surface area contributed by atoms with Crippen molar-refractivity contribution in [1.29, 1.82) is 0 Å². The van der Waals surface area contributed by atoms with E-state index < -0.39 is 0 Å². The predicted molar refractivity (Wildman–Crippen MR) is 79.0 cm³/mol. The summed E-state index contributed by atoms with van der Waals surface area (Å²) in [5.74, 6) is 1.12. The van der Waals surface area contributed by atoms with Crippen molar-refractivity contribution in [3.63, 3.8) is 0 Å². The molecule has 0 amide bonds. The van der Waals surface area contributed by atoms with Gasteiger partial charge in [-0.25, -0.2) is 0 Å². The van der Waals surface area contributed by atoms with Crippen LogP contribution in [0.5, 0.6) is 0 Å². The molecular formula is C16H32O3. The van der Waals surface area contributed by atoms with Crippen molar-refractivity contribution >= 4 is 5.97 Å². The Bertz CT molecular complexity index is 216. The van der Waals surface area contributed by atoms with E-state index in [-0.39, 0.29) is 5.97 Å². The second-order valence-electron chi connectivity index (χ2n) is 5.85. The van der Waals surface area contributed by atoms with E-state index in [1.807, 2.05) is 0 Å². The largest absolute Gasteiger partial charge is 0.469 e. The fraction of sp³-hybridized carbons (Fsp3) is 0.938. The summed E-state index contributed by atoms with van der Waals surface area (Å²) in [6, 6.07) is 0. The topological polar surface area (TPSA) is 46.5 Å². The molecular weight excluding hydrogens is 240 g/mol. The Hall–Kier alpha value is -0.570. The lowest BCUT2D eigenvalue weighted by atomic mass is 9.95. The van der Waals surface area contributed by atoms with E-state index in [4.69, 9.17) is 5.11 Å². The van der Waals surface area contributed by atoms with Crippen molar-refractivity contribution in [2.75, 3.05) is 13.7 Å². The molecule has 0 aromatic heterocycles. The van der Waals surface area contributed by atoms with Gasteiger partial charge in [-0.1, -0.05) is 52.4 Å². The Balaban J connectivity index is 3.30. The first-order chi connectivity index (χ1) is 9.10. The Morgan fingerprint density at radius 1 is 0.947 bits per heavy atom. The summed E-state index contributed by atoms with van der Waals surface area (Å²) >= 11 is 0. The van der Waals surface area contributed by atoms with Crippen LogP contribution in [0.4, 0.5) is 0 Å². The number of aliphatic hydroxyl groups is 1. The number of ether oxygens (including phenoxy) is 1. The van der Waals surface area contributed by atoms with E-state index in [9.17, 15) is 4.79 Å². The first-order valence-corrected chi connectivity index (χ1v) is 7.77. The number of unbranched alkanes of at least 4 members (excludes halogenated alkanes) is 3. The number of esters is 1. The number of rotatable bonds is 12. The van der Waals surface area contributed by atoms with Gasteiger partial charge in [-0.2, -0.15) is 0 Å². The highest BCUT2D eigenvalue weighted by Gasteiger charge is 2.05. The number of methoxy groups -OCH3 is 1. The van der Waals surface area contributed by atoms with Crippen molar-refractivity contribution < 1.29 is 14.6 Å². The van der Waals surface area contributed by atoms with Gasteiger partial charge in [-0.3, -0.25) is 4.79 Å². The molecule has 3 heteroatoms. The zero-order valence-electron chi connectivity index (χ0n) is 13.0. The molecule has 1 N–H and O–H groups in total. The van der Waals surface area contributed by atoms with Gasteiger partial charge < -0.3 is 9.84 Å². The average molecular weight is 272 g/mol. The van der Waals surface area contributed by atoms with E-state index in [1.54, 1.807) is 0 Å². The van der Waals surface area contributed by atoms with Crippen LogP contribution in [-0.4, -0.2) is 24.8 Å². The van der Waals surface area contributed by atoms with E-state index in [0.717, 1.165) is 25.2 Å². The predicted octanol–water partition coefficient (Wildman–Crippen LogP) is 3.93. The van der Waals surface area contributed by atoms with E-state index in [2.05, 4.69) is 18.6 Å². The molecule has 3 nitrogen and oxygen atoms in total. The van der Waals surface area contributed by atoms with Gasteiger partial charge in [0, 0.05) is 13.0 Å². The average Bonchev–Trinajstić information content (AvgIpc) is 2.42. The number of carbonyl (C=O) groups is 1. The Labute approximate surface area is 118 Å². The van der Waals surface area contributed by atoms with Gasteiger partial charge in [-0.05, 0) is 24.7 Å². The van der Waals surface area contributed by atoms with Gasteiger partial charge in [0.2, 0.25) is 0 Å². The van der Waals surface area contributed by atoms with Crippen molar-refractivity contribution in [1.82, 2.24) is 0 Å². The molecule has 0 saturated heterocycles. The van der Waals surface area contributed by atoms with Gasteiger partial charge in [-0.15, -0.1) is 0 Å². The van der Waals surface area contributed by atoms with E-state index in [0.29, 0.717) is 18.9 Å². The summed E-state index contributed by atoms with van der Waals surface area (Å²) < 4.78 is 4.62. The second-order valence-corrected chi connectivity index (χ2v) is 5.85. The minimum atomic E-state index is -0.0920. The van der Waals surface area contributed by atoms with Crippen LogP contribution in [0.3, 0.4) is 0 Å². The lowest BCUT2D eigenvalue weighted by Crippen LogP contribution is -2.01. The fourth-order valence-electron chi connectivity index (χ4n) is 2.26. The van der Waals surface area contributed by atoms with Crippen LogP contribution in [0.15, 0.2) is 0 Å². The van der Waals surface area contributed by atoms with E-state index in [1.165, 1.54) is 39.2 Å². The highest BCUT2D eigenvalue weighted by molar-refractivity contribution is 5.68. The monoisotopic (exact) mass is 272 g/mol. The van der Waals surface area contributed by atoms with Gasteiger partial charge in [0.25, 0.3) is 0 Å². The first-order valence-electron chi connectivity index (χ1n) is 7.77. The molecule has 0 saturated carbocycles. The molecule has 0 aliphatic rings. The van der Waals surface area contributed by atoms with Crippen LogP contribution >= 0.6 is 0 Å². The molecule has 0 rings (SSSR count). The molecule has 0 aliphatic carbocycles. The zero-order valence-corrected chi connectivity index (χ0v) is 13.0. The Morgan fingerprint density at radius 3 is 2.00 bits per heavy atom. The molecule has 2 atom stereocenters. The van der Waals surface area contributed by atoms with Gasteiger partial charge in [0.15, 0.2) is 0 Å². The molecule has 19 heavy (non-hydrogen) atoms. The number of hydrogen-bond acceptors (Lipinski definition) is 3. The maximum atomic E-state index is 10.9. The standard InChI is InChI=1S/C16H32O3/c1-14(10-7-8-12-16(18)19-3)9-5-4-6-11-15(2)13-17/h14-15,17H,4-13H2,1-3H3/t14?,15-/m1/s1. The number of carbonyl (C=O) groups excluding carboxylic acids is 1. The maximum Gasteiger partial charge on any atom is 0.305 e. The third-order valence-corrected chi connectivity index (χ3v) is 3.76. The fourth-order valence-corrected chi connectivity index (χ4v) is 2.26. The van der Waals surface area contributed by atoms with Gasteiger partial charge in [0.05, 0.1) is 7.11 Å². The number of hydrogen-bond donors (Lipinski definition) is 1. The summed E-state index contributed by atoms with van der Waals surface area (Å²) in [7, 11) is 1.45. The molecule has 0 aliphatic heterocycles. The molecule has 0 radical (unpaired) electrons. The first kappa shape index (κ1) is 18.4. The normalized spacial score (nSPS) is 14.1. The van der Waals surface area contributed by atoms with Crippen LogP contribution in [-0.2, 0) is 9.53 Å². The van der Waals surface area contributed by atoms with E-state index >= 15 is 0 Å². The molecule has 0 fully saturated rings. The highest BCUT2D eigenvalue weighted by Crippen LogP contribution is 2.18.